The first-order valence-electron chi connectivity index (χ1n) is 8.08. The van der Waals surface area contributed by atoms with Crippen LogP contribution in [0.15, 0.2) is 35.7 Å². The molecule has 1 amide bonds. The Bertz CT molecular complexity index is 798. The third kappa shape index (κ3) is 4.08. The maximum Gasteiger partial charge on any atom is 0.323 e. The van der Waals surface area contributed by atoms with Crippen molar-refractivity contribution in [1.82, 2.24) is 10.2 Å². The lowest BCUT2D eigenvalue weighted by molar-refractivity contribution is -0.146. The number of hydrogen-bond donors (Lipinski definition) is 1. The Morgan fingerprint density at radius 2 is 2.12 bits per heavy atom. The van der Waals surface area contributed by atoms with E-state index in [0.29, 0.717) is 23.4 Å². The van der Waals surface area contributed by atoms with Crippen LogP contribution in [-0.4, -0.2) is 42.5 Å². The summed E-state index contributed by atoms with van der Waals surface area (Å²) < 4.78 is 31.4. The number of methoxy groups -OCH3 is 1. The van der Waals surface area contributed by atoms with E-state index in [-0.39, 0.29) is 18.5 Å². The molecule has 1 aliphatic heterocycles. The Balaban J connectivity index is 1.71. The van der Waals surface area contributed by atoms with Crippen molar-refractivity contribution in [3.05, 3.63) is 57.8 Å². The van der Waals surface area contributed by atoms with E-state index in [9.17, 15) is 18.4 Å². The lowest BCUT2D eigenvalue weighted by Gasteiger charge is -2.22. The predicted octanol–water partition coefficient (Wildman–Crippen LogP) is 2.57. The van der Waals surface area contributed by atoms with Crippen LogP contribution in [0.4, 0.5) is 8.78 Å². The van der Waals surface area contributed by atoms with Crippen molar-refractivity contribution >= 4 is 23.2 Å². The number of carbonyl (C=O) groups excluding carboxylic acids is 2. The van der Waals surface area contributed by atoms with E-state index in [1.165, 1.54) is 24.5 Å². The predicted molar refractivity (Wildman–Crippen MR) is 92.8 cm³/mol. The van der Waals surface area contributed by atoms with Crippen molar-refractivity contribution < 1.29 is 23.1 Å². The normalized spacial score (nSPS) is 20.1. The molecule has 1 aliphatic rings. The van der Waals surface area contributed by atoms with Crippen LogP contribution in [0.3, 0.4) is 0 Å². The molecule has 2 aromatic rings. The smallest absolute Gasteiger partial charge is 0.323 e. The molecule has 1 aromatic heterocycles. The molecule has 1 aromatic carbocycles. The Kier molecular flexibility index (Phi) is 5.63. The first-order valence-corrected chi connectivity index (χ1v) is 8.96. The number of likely N-dealkylation sites (tertiary alicyclic amines) is 1. The summed E-state index contributed by atoms with van der Waals surface area (Å²) in [5.74, 6) is -2.46. The first kappa shape index (κ1) is 18.5. The number of nitrogens with zero attached hydrogens (tertiary/aromatic N) is 1. The summed E-state index contributed by atoms with van der Waals surface area (Å²) in [4.78, 5) is 26.7. The second kappa shape index (κ2) is 7.92. The largest absolute Gasteiger partial charge is 0.468 e. The molecule has 2 atom stereocenters. The highest BCUT2D eigenvalue weighted by Crippen LogP contribution is 2.23. The molecule has 26 heavy (non-hydrogen) atoms. The Morgan fingerprint density at radius 3 is 2.77 bits per heavy atom. The number of carbonyl (C=O) groups is 2. The highest BCUT2D eigenvalue weighted by molar-refractivity contribution is 7.12. The van der Waals surface area contributed by atoms with E-state index >= 15 is 0 Å². The van der Waals surface area contributed by atoms with Crippen molar-refractivity contribution in [2.45, 2.75) is 25.0 Å². The van der Waals surface area contributed by atoms with Crippen LogP contribution in [0.5, 0.6) is 0 Å². The van der Waals surface area contributed by atoms with Gasteiger partial charge in [-0.25, -0.2) is 8.78 Å². The second-order valence-corrected chi connectivity index (χ2v) is 7.05. The fraction of sp³-hybridized carbons (Fsp3) is 0.333. The van der Waals surface area contributed by atoms with Crippen molar-refractivity contribution in [3.63, 3.8) is 0 Å². The summed E-state index contributed by atoms with van der Waals surface area (Å²) >= 11 is 1.34. The SMILES string of the molecule is COC(=O)[C@@H]1C[C@@H](NC(=O)c2cccs2)CN1Cc1ccc(F)c(F)c1. The van der Waals surface area contributed by atoms with E-state index in [0.717, 1.165) is 12.1 Å². The van der Waals surface area contributed by atoms with Crippen molar-refractivity contribution in [1.29, 1.82) is 0 Å². The third-order valence-corrected chi connectivity index (χ3v) is 5.20. The van der Waals surface area contributed by atoms with Gasteiger partial charge in [-0.2, -0.15) is 0 Å². The minimum Gasteiger partial charge on any atom is -0.468 e. The first-order chi connectivity index (χ1) is 12.5. The molecule has 0 radical (unpaired) electrons. The molecule has 5 nitrogen and oxygen atoms in total. The van der Waals surface area contributed by atoms with Gasteiger partial charge >= 0.3 is 5.97 Å². The highest BCUT2D eigenvalue weighted by atomic mass is 32.1. The zero-order valence-corrected chi connectivity index (χ0v) is 14.9. The molecule has 0 bridgehead atoms. The Hall–Kier alpha value is -2.32. The molecule has 1 N–H and O–H groups in total. The molecule has 8 heteroatoms. The van der Waals surface area contributed by atoms with E-state index in [4.69, 9.17) is 4.74 Å². The van der Waals surface area contributed by atoms with Gasteiger partial charge in [0.2, 0.25) is 0 Å². The van der Waals surface area contributed by atoms with Gasteiger partial charge in [-0.3, -0.25) is 14.5 Å². The number of hydrogen-bond acceptors (Lipinski definition) is 5. The average molecular weight is 380 g/mol. The number of thiophene rings is 1. The molecule has 0 aliphatic carbocycles. The Morgan fingerprint density at radius 1 is 1.31 bits per heavy atom. The summed E-state index contributed by atoms with van der Waals surface area (Å²) in [5.41, 5.74) is 0.544. The molecule has 1 saturated heterocycles. The fourth-order valence-corrected chi connectivity index (χ4v) is 3.73. The van der Waals surface area contributed by atoms with Gasteiger partial charge in [0.25, 0.3) is 5.91 Å². The van der Waals surface area contributed by atoms with E-state index in [2.05, 4.69) is 5.32 Å². The summed E-state index contributed by atoms with van der Waals surface area (Å²) in [7, 11) is 1.30. The number of nitrogens with one attached hydrogen (secondary N) is 1. The monoisotopic (exact) mass is 380 g/mol. The molecule has 0 spiro atoms. The zero-order valence-electron chi connectivity index (χ0n) is 14.1. The lowest BCUT2D eigenvalue weighted by atomic mass is 10.1. The summed E-state index contributed by atoms with van der Waals surface area (Å²) in [6.45, 7) is 0.665. The van der Waals surface area contributed by atoms with E-state index in [1.54, 1.807) is 17.0 Å². The molecule has 1 fully saturated rings. The van der Waals surface area contributed by atoms with E-state index in [1.807, 2.05) is 5.38 Å². The third-order valence-electron chi connectivity index (χ3n) is 4.33. The molecule has 3 rings (SSSR count). The van der Waals surface area contributed by atoms with Crippen molar-refractivity contribution in [2.24, 2.45) is 0 Å². The zero-order chi connectivity index (χ0) is 18.7. The number of benzene rings is 1. The maximum absolute atomic E-state index is 13.4. The summed E-state index contributed by atoms with van der Waals surface area (Å²) in [6, 6.07) is 6.38. The van der Waals surface area contributed by atoms with Gasteiger partial charge in [0.1, 0.15) is 6.04 Å². The number of esters is 1. The lowest BCUT2D eigenvalue weighted by Crippen LogP contribution is -2.37. The minimum absolute atomic E-state index is 0.191. The molecule has 0 saturated carbocycles. The number of halogens is 2. The van der Waals surface area contributed by atoms with Crippen LogP contribution in [0.25, 0.3) is 0 Å². The molecular formula is C18H18F2N2O3S. The van der Waals surface area contributed by atoms with Gasteiger partial charge < -0.3 is 10.1 Å². The van der Waals surface area contributed by atoms with Crippen molar-refractivity contribution in [2.75, 3.05) is 13.7 Å². The number of rotatable bonds is 5. The van der Waals surface area contributed by atoms with Gasteiger partial charge in [0.05, 0.1) is 12.0 Å². The molecule has 2 heterocycles. The van der Waals surface area contributed by atoms with Gasteiger partial charge in [-0.15, -0.1) is 11.3 Å². The molecule has 0 unspecified atom stereocenters. The maximum atomic E-state index is 13.4. The van der Waals surface area contributed by atoms with Gasteiger partial charge in [-0.05, 0) is 35.6 Å². The number of amides is 1. The van der Waals surface area contributed by atoms with Crippen LogP contribution in [0.2, 0.25) is 0 Å². The van der Waals surface area contributed by atoms with Crippen LogP contribution in [0.1, 0.15) is 21.7 Å². The Labute approximate surface area is 153 Å². The highest BCUT2D eigenvalue weighted by Gasteiger charge is 2.38. The minimum atomic E-state index is -0.932. The molecule has 138 valence electrons. The topological polar surface area (TPSA) is 58.6 Å². The number of ether oxygens (including phenoxy) is 1. The van der Waals surface area contributed by atoms with Gasteiger partial charge in [-0.1, -0.05) is 12.1 Å². The summed E-state index contributed by atoms with van der Waals surface area (Å²) in [6.07, 6.45) is 0.396. The van der Waals surface area contributed by atoms with E-state index < -0.39 is 23.6 Å². The van der Waals surface area contributed by atoms with Crippen LogP contribution in [0, 0.1) is 11.6 Å². The second-order valence-electron chi connectivity index (χ2n) is 6.10. The molecular weight excluding hydrogens is 362 g/mol. The summed E-state index contributed by atoms with van der Waals surface area (Å²) in [5, 5.41) is 4.73. The standard InChI is InChI=1S/C18H18F2N2O3S/c1-25-18(24)15-8-12(21-17(23)16-3-2-6-26-16)10-22(15)9-11-4-5-13(19)14(20)7-11/h2-7,12,15H,8-10H2,1H3,(H,21,23)/t12-,15+/m1/s1. The van der Waals surface area contributed by atoms with Crippen LogP contribution >= 0.6 is 11.3 Å². The van der Waals surface area contributed by atoms with Gasteiger partial charge in [0.15, 0.2) is 11.6 Å². The van der Waals surface area contributed by atoms with Crippen LogP contribution in [-0.2, 0) is 16.1 Å². The van der Waals surface area contributed by atoms with Gasteiger partial charge in [0, 0.05) is 19.1 Å². The van der Waals surface area contributed by atoms with Crippen LogP contribution < -0.4 is 5.32 Å². The quantitative estimate of drug-likeness (QED) is 0.810. The fourth-order valence-electron chi connectivity index (χ4n) is 3.10. The average Bonchev–Trinajstić information content (AvgIpc) is 3.28. The van der Waals surface area contributed by atoms with Crippen molar-refractivity contribution in [3.8, 4) is 0 Å².